The Kier molecular flexibility index (Phi) is 4.23. The molecular weight excluding hydrogens is 408 g/mol. The zero-order valence-corrected chi connectivity index (χ0v) is 17.6. The maximum atomic E-state index is 13.2. The number of nitrogens with zero attached hydrogens (tertiary/aromatic N) is 2. The number of amides is 2. The van der Waals surface area contributed by atoms with Gasteiger partial charge in [-0.3, -0.25) is 24.1 Å². The molecule has 1 aliphatic heterocycles. The van der Waals surface area contributed by atoms with Crippen LogP contribution in [-0.2, 0) is 11.8 Å². The molecule has 0 radical (unpaired) electrons. The first kappa shape index (κ1) is 19.7. The SMILES string of the molecule is CC(=O)Oc1ccccc1-c1cc2c(c3c1C(=O)N(C)C3=O)c1cc(C=O)ccc1n2C. The first-order valence-corrected chi connectivity index (χ1v) is 9.98. The van der Waals surface area contributed by atoms with Crippen molar-refractivity contribution in [2.24, 2.45) is 7.05 Å². The van der Waals surface area contributed by atoms with Gasteiger partial charge in [-0.05, 0) is 30.3 Å². The maximum absolute atomic E-state index is 13.2. The molecule has 0 saturated heterocycles. The van der Waals surface area contributed by atoms with Crippen LogP contribution in [0.2, 0.25) is 0 Å². The van der Waals surface area contributed by atoms with Crippen LogP contribution in [0.1, 0.15) is 38.0 Å². The average Bonchev–Trinajstić information content (AvgIpc) is 3.19. The number of carbonyl (C=O) groups is 4. The van der Waals surface area contributed by atoms with Crippen molar-refractivity contribution in [1.82, 2.24) is 9.47 Å². The average molecular weight is 426 g/mol. The minimum atomic E-state index is -0.485. The number of imide groups is 1. The highest BCUT2D eigenvalue weighted by Gasteiger charge is 2.39. The van der Waals surface area contributed by atoms with E-state index >= 15 is 0 Å². The molecule has 1 aliphatic rings. The molecule has 0 atom stereocenters. The Morgan fingerprint density at radius 2 is 1.62 bits per heavy atom. The molecule has 0 N–H and O–H groups in total. The lowest BCUT2D eigenvalue weighted by molar-refractivity contribution is -0.131. The number of hydrogen-bond donors (Lipinski definition) is 0. The van der Waals surface area contributed by atoms with E-state index in [2.05, 4.69) is 0 Å². The van der Waals surface area contributed by atoms with Gasteiger partial charge in [-0.15, -0.1) is 0 Å². The Balaban J connectivity index is 1.97. The minimum absolute atomic E-state index is 0.258. The number of para-hydroxylation sites is 1. The van der Waals surface area contributed by atoms with E-state index in [0.29, 0.717) is 27.8 Å². The van der Waals surface area contributed by atoms with Crippen molar-refractivity contribution < 1.29 is 23.9 Å². The predicted molar refractivity (Wildman–Crippen MR) is 119 cm³/mol. The van der Waals surface area contributed by atoms with Crippen LogP contribution < -0.4 is 4.74 Å². The fourth-order valence-corrected chi connectivity index (χ4v) is 4.46. The van der Waals surface area contributed by atoms with Crippen molar-refractivity contribution in [3.63, 3.8) is 0 Å². The smallest absolute Gasteiger partial charge is 0.308 e. The van der Waals surface area contributed by atoms with Crippen molar-refractivity contribution in [3.8, 4) is 16.9 Å². The lowest BCUT2D eigenvalue weighted by atomic mass is 9.92. The van der Waals surface area contributed by atoms with Gasteiger partial charge in [-0.2, -0.15) is 0 Å². The van der Waals surface area contributed by atoms with Gasteiger partial charge in [0.25, 0.3) is 11.8 Å². The quantitative estimate of drug-likeness (QED) is 0.214. The van der Waals surface area contributed by atoms with Gasteiger partial charge in [-0.25, -0.2) is 0 Å². The van der Waals surface area contributed by atoms with Crippen molar-refractivity contribution in [3.05, 3.63) is 65.2 Å². The third-order valence-corrected chi connectivity index (χ3v) is 5.92. The van der Waals surface area contributed by atoms with Gasteiger partial charge in [0, 0.05) is 54.0 Å². The summed E-state index contributed by atoms with van der Waals surface area (Å²) >= 11 is 0. The zero-order valence-electron chi connectivity index (χ0n) is 17.6. The largest absolute Gasteiger partial charge is 0.426 e. The monoisotopic (exact) mass is 426 g/mol. The second-order valence-electron chi connectivity index (χ2n) is 7.78. The molecule has 4 aromatic rings. The van der Waals surface area contributed by atoms with Crippen molar-refractivity contribution >= 4 is 45.9 Å². The third-order valence-electron chi connectivity index (χ3n) is 5.92. The van der Waals surface area contributed by atoms with Crippen LogP contribution in [-0.4, -0.2) is 40.6 Å². The molecule has 0 saturated carbocycles. The van der Waals surface area contributed by atoms with Gasteiger partial charge < -0.3 is 9.30 Å². The number of fused-ring (bicyclic) bond motifs is 5. The van der Waals surface area contributed by atoms with Gasteiger partial charge in [0.15, 0.2) is 0 Å². The highest BCUT2D eigenvalue weighted by Crippen LogP contribution is 2.43. The van der Waals surface area contributed by atoms with Crippen molar-refractivity contribution in [2.75, 3.05) is 7.05 Å². The first-order chi connectivity index (χ1) is 15.3. The Morgan fingerprint density at radius 3 is 2.34 bits per heavy atom. The van der Waals surface area contributed by atoms with Crippen LogP contribution in [0.15, 0.2) is 48.5 Å². The fraction of sp³-hybridized carbons (Fsp3) is 0.120. The molecule has 0 aliphatic carbocycles. The minimum Gasteiger partial charge on any atom is -0.426 e. The summed E-state index contributed by atoms with van der Waals surface area (Å²) in [6, 6.07) is 14.0. The van der Waals surface area contributed by atoms with Crippen molar-refractivity contribution in [2.45, 2.75) is 6.92 Å². The summed E-state index contributed by atoms with van der Waals surface area (Å²) in [5, 5.41) is 1.34. The molecule has 32 heavy (non-hydrogen) atoms. The second-order valence-corrected chi connectivity index (χ2v) is 7.78. The second kappa shape index (κ2) is 6.88. The number of ether oxygens (including phenoxy) is 1. The van der Waals surface area contributed by atoms with Crippen LogP contribution in [0.25, 0.3) is 32.9 Å². The molecule has 0 unspecified atom stereocenters. The van der Waals surface area contributed by atoms with Crippen molar-refractivity contribution in [1.29, 1.82) is 0 Å². The Bertz CT molecular complexity index is 1510. The molecule has 0 spiro atoms. The summed E-state index contributed by atoms with van der Waals surface area (Å²) in [5.41, 5.74) is 3.63. The van der Waals surface area contributed by atoms with E-state index in [4.69, 9.17) is 4.74 Å². The lowest BCUT2D eigenvalue weighted by Crippen LogP contribution is -2.24. The molecule has 0 fully saturated rings. The van der Waals surface area contributed by atoms with Crippen LogP contribution in [0.4, 0.5) is 0 Å². The standard InChI is InChI=1S/C25H18N2O5/c1-13(29)32-20-7-5-4-6-15(20)16-11-19-21(23-22(16)24(30)27(3)25(23)31)17-10-14(12-28)8-9-18(17)26(19)2/h4-12H,1-3H3. The number of aryl methyl sites for hydroxylation is 1. The molecule has 7 heteroatoms. The highest BCUT2D eigenvalue weighted by molar-refractivity contribution is 6.32. The van der Waals surface area contributed by atoms with E-state index in [9.17, 15) is 19.2 Å². The van der Waals surface area contributed by atoms with Crippen LogP contribution >= 0.6 is 0 Å². The molecule has 1 aromatic heterocycles. The molecular formula is C25H18N2O5. The molecule has 7 nitrogen and oxygen atoms in total. The number of esters is 1. The predicted octanol–water partition coefficient (Wildman–Crippen LogP) is 3.96. The summed E-state index contributed by atoms with van der Waals surface area (Å²) in [6.07, 6.45) is 0.751. The Morgan fingerprint density at radius 1 is 0.906 bits per heavy atom. The number of aromatic nitrogens is 1. The first-order valence-electron chi connectivity index (χ1n) is 9.98. The Labute approximate surface area is 182 Å². The summed E-state index contributed by atoms with van der Waals surface area (Å²) in [7, 11) is 3.31. The molecule has 3 aromatic carbocycles. The van der Waals surface area contributed by atoms with E-state index in [1.54, 1.807) is 36.4 Å². The van der Waals surface area contributed by atoms with Crippen LogP contribution in [0, 0.1) is 0 Å². The molecule has 2 heterocycles. The molecule has 158 valence electrons. The van der Waals surface area contributed by atoms with E-state index in [1.807, 2.05) is 23.7 Å². The topological polar surface area (TPSA) is 85.7 Å². The molecule has 5 rings (SSSR count). The normalized spacial score (nSPS) is 13.2. The molecule has 2 amide bonds. The van der Waals surface area contributed by atoms with E-state index in [-0.39, 0.29) is 11.1 Å². The molecule has 0 bridgehead atoms. The zero-order chi connectivity index (χ0) is 22.7. The number of rotatable bonds is 3. The fourth-order valence-electron chi connectivity index (χ4n) is 4.46. The summed E-state index contributed by atoms with van der Waals surface area (Å²) < 4.78 is 7.31. The maximum Gasteiger partial charge on any atom is 0.308 e. The lowest BCUT2D eigenvalue weighted by Gasteiger charge is -2.13. The summed E-state index contributed by atoms with van der Waals surface area (Å²) in [4.78, 5) is 50.5. The number of hydrogen-bond acceptors (Lipinski definition) is 5. The summed E-state index contributed by atoms with van der Waals surface area (Å²) in [6.45, 7) is 1.31. The number of benzene rings is 3. The van der Waals surface area contributed by atoms with Gasteiger partial charge >= 0.3 is 5.97 Å². The third kappa shape index (κ3) is 2.61. The van der Waals surface area contributed by atoms with Gasteiger partial charge in [0.05, 0.1) is 16.6 Å². The van der Waals surface area contributed by atoms with E-state index < -0.39 is 17.8 Å². The van der Waals surface area contributed by atoms with Crippen LogP contribution in [0.5, 0.6) is 5.75 Å². The van der Waals surface area contributed by atoms with Gasteiger partial charge in [-0.1, -0.05) is 18.2 Å². The van der Waals surface area contributed by atoms with Gasteiger partial charge in [0.1, 0.15) is 12.0 Å². The summed E-state index contributed by atoms with van der Waals surface area (Å²) in [5.74, 6) is -1.02. The van der Waals surface area contributed by atoms with E-state index in [0.717, 1.165) is 27.6 Å². The highest BCUT2D eigenvalue weighted by atomic mass is 16.5. The number of carbonyl (C=O) groups excluding carboxylic acids is 4. The van der Waals surface area contributed by atoms with E-state index in [1.165, 1.54) is 14.0 Å². The van der Waals surface area contributed by atoms with Crippen LogP contribution in [0.3, 0.4) is 0 Å². The van der Waals surface area contributed by atoms with Gasteiger partial charge in [0.2, 0.25) is 0 Å². The Hall–Kier alpha value is -4.26. The number of aldehydes is 1.